The summed E-state index contributed by atoms with van der Waals surface area (Å²) in [6.45, 7) is 16.9. The number of nitrogens with two attached hydrogens (primary N) is 1. The second-order valence-corrected chi connectivity index (χ2v) is 10.7. The first kappa shape index (κ1) is 27.7. The van der Waals surface area contributed by atoms with Gasteiger partial charge in [0.2, 0.25) is 11.9 Å². The van der Waals surface area contributed by atoms with Gasteiger partial charge in [0.05, 0.1) is 0 Å². The molecule has 1 aromatic heterocycles. The summed E-state index contributed by atoms with van der Waals surface area (Å²) in [5, 5.41) is 17.6. The molecule has 0 radical (unpaired) electrons. The van der Waals surface area contributed by atoms with Gasteiger partial charge in [0.25, 0.3) is 0 Å². The SMILES string of the molecule is CCCC(Nc1ncnc(NCCCNCCNCCCN)n1)C1CC(C)(C)NC(C)(C)C1. The van der Waals surface area contributed by atoms with Crippen LogP contribution in [0.5, 0.6) is 0 Å². The Kier molecular flexibility index (Phi) is 11.7. The quantitative estimate of drug-likeness (QED) is 0.205. The van der Waals surface area contributed by atoms with Crippen LogP contribution in [0.15, 0.2) is 6.33 Å². The van der Waals surface area contributed by atoms with E-state index in [1.54, 1.807) is 6.33 Å². The van der Waals surface area contributed by atoms with Gasteiger partial charge in [-0.15, -0.1) is 0 Å². The topological polar surface area (TPSA) is 125 Å². The lowest BCUT2D eigenvalue weighted by atomic mass is 9.72. The lowest BCUT2D eigenvalue weighted by Gasteiger charge is -2.48. The largest absolute Gasteiger partial charge is 0.354 e. The highest BCUT2D eigenvalue weighted by atomic mass is 15.2. The Balaban J connectivity index is 1.79. The molecule has 0 aliphatic carbocycles. The lowest BCUT2D eigenvalue weighted by molar-refractivity contribution is 0.115. The summed E-state index contributed by atoms with van der Waals surface area (Å²) in [7, 11) is 0. The summed E-state index contributed by atoms with van der Waals surface area (Å²) in [6, 6.07) is 0.355. The minimum atomic E-state index is 0.125. The fourth-order valence-corrected chi connectivity index (χ4v) is 5.11. The molecule has 1 atom stereocenters. The molecule has 0 amide bonds. The van der Waals surface area contributed by atoms with E-state index >= 15 is 0 Å². The zero-order valence-corrected chi connectivity index (χ0v) is 21.6. The molecule has 9 heteroatoms. The van der Waals surface area contributed by atoms with Gasteiger partial charge in [-0.3, -0.25) is 0 Å². The normalized spacial score (nSPS) is 18.7. The van der Waals surface area contributed by atoms with Crippen molar-refractivity contribution in [1.29, 1.82) is 0 Å². The third-order valence-corrected chi connectivity index (χ3v) is 6.13. The molecule has 190 valence electrons. The third kappa shape index (κ3) is 10.9. The molecule has 0 aromatic carbocycles. The fourth-order valence-electron chi connectivity index (χ4n) is 5.11. The maximum atomic E-state index is 5.49. The number of nitrogens with zero attached hydrogens (tertiary/aromatic N) is 3. The van der Waals surface area contributed by atoms with Crippen molar-refractivity contribution in [1.82, 2.24) is 30.9 Å². The maximum absolute atomic E-state index is 5.49. The number of hydrogen-bond donors (Lipinski definition) is 6. The van der Waals surface area contributed by atoms with E-state index in [2.05, 4.69) is 76.2 Å². The Hall–Kier alpha value is -1.55. The summed E-state index contributed by atoms with van der Waals surface area (Å²) in [4.78, 5) is 13.4. The zero-order chi connectivity index (χ0) is 24.2. The smallest absolute Gasteiger partial charge is 0.227 e. The molecule has 2 rings (SSSR count). The van der Waals surface area contributed by atoms with Gasteiger partial charge in [0.1, 0.15) is 6.33 Å². The van der Waals surface area contributed by atoms with E-state index in [1.807, 2.05) is 0 Å². The summed E-state index contributed by atoms with van der Waals surface area (Å²) in [6.07, 6.45) is 8.16. The first-order valence-electron chi connectivity index (χ1n) is 12.8. The van der Waals surface area contributed by atoms with Crippen LogP contribution in [-0.2, 0) is 0 Å². The second kappa shape index (κ2) is 14.0. The van der Waals surface area contributed by atoms with Crippen LogP contribution < -0.4 is 32.3 Å². The third-order valence-electron chi connectivity index (χ3n) is 6.13. The van der Waals surface area contributed by atoms with Gasteiger partial charge >= 0.3 is 0 Å². The van der Waals surface area contributed by atoms with Crippen LogP contribution in [-0.4, -0.2) is 71.3 Å². The van der Waals surface area contributed by atoms with Crippen molar-refractivity contribution < 1.29 is 0 Å². The van der Waals surface area contributed by atoms with E-state index in [0.717, 1.165) is 77.8 Å². The number of rotatable bonds is 16. The number of nitrogens with one attached hydrogen (secondary N) is 5. The van der Waals surface area contributed by atoms with Gasteiger partial charge in [-0.2, -0.15) is 4.98 Å². The van der Waals surface area contributed by atoms with Crippen molar-refractivity contribution in [2.75, 3.05) is 49.9 Å². The van der Waals surface area contributed by atoms with Crippen LogP contribution in [0.25, 0.3) is 0 Å². The minimum absolute atomic E-state index is 0.125. The summed E-state index contributed by atoms with van der Waals surface area (Å²) in [5.74, 6) is 1.87. The van der Waals surface area contributed by atoms with E-state index in [-0.39, 0.29) is 11.1 Å². The monoisotopic (exact) mass is 463 g/mol. The molecule has 1 unspecified atom stereocenters. The molecule has 1 aliphatic rings. The molecule has 0 saturated carbocycles. The van der Waals surface area contributed by atoms with Crippen molar-refractivity contribution in [3.8, 4) is 0 Å². The molecule has 1 aromatic rings. The first-order valence-corrected chi connectivity index (χ1v) is 12.8. The highest BCUT2D eigenvalue weighted by Gasteiger charge is 2.40. The summed E-state index contributed by atoms with van der Waals surface area (Å²) < 4.78 is 0. The zero-order valence-electron chi connectivity index (χ0n) is 21.6. The van der Waals surface area contributed by atoms with E-state index < -0.39 is 0 Å². The van der Waals surface area contributed by atoms with Gasteiger partial charge in [-0.05, 0) is 85.4 Å². The molecule has 33 heavy (non-hydrogen) atoms. The van der Waals surface area contributed by atoms with Crippen LogP contribution in [0, 0.1) is 5.92 Å². The summed E-state index contributed by atoms with van der Waals surface area (Å²) >= 11 is 0. The van der Waals surface area contributed by atoms with E-state index in [9.17, 15) is 0 Å². The van der Waals surface area contributed by atoms with E-state index in [1.165, 1.54) is 0 Å². The molecule has 0 bridgehead atoms. The van der Waals surface area contributed by atoms with Gasteiger partial charge in [0, 0.05) is 36.8 Å². The second-order valence-electron chi connectivity index (χ2n) is 10.7. The van der Waals surface area contributed by atoms with Crippen LogP contribution in [0.2, 0.25) is 0 Å². The van der Waals surface area contributed by atoms with Crippen molar-refractivity contribution in [2.24, 2.45) is 11.7 Å². The molecule has 7 N–H and O–H groups in total. The maximum Gasteiger partial charge on any atom is 0.227 e. The minimum Gasteiger partial charge on any atom is -0.354 e. The predicted molar refractivity (Wildman–Crippen MR) is 139 cm³/mol. The molecule has 1 saturated heterocycles. The number of aromatic nitrogens is 3. The first-order chi connectivity index (χ1) is 15.7. The Morgan fingerprint density at radius 2 is 1.61 bits per heavy atom. The molecular formula is C24H49N9. The van der Waals surface area contributed by atoms with E-state index in [0.29, 0.717) is 23.9 Å². The lowest BCUT2D eigenvalue weighted by Crippen LogP contribution is -2.59. The molecule has 1 aliphatic heterocycles. The van der Waals surface area contributed by atoms with Crippen LogP contribution >= 0.6 is 0 Å². The van der Waals surface area contributed by atoms with Gasteiger partial charge in [-0.25, -0.2) is 9.97 Å². The van der Waals surface area contributed by atoms with Crippen molar-refractivity contribution >= 4 is 11.9 Å². The highest BCUT2D eigenvalue weighted by molar-refractivity contribution is 5.33. The standard InChI is InChI=1S/C24H49N9/c1-6-9-20(19-16-23(2,3)33-24(4,5)17-19)31-22-30-18-29-21(32-22)28-13-8-12-27-15-14-26-11-7-10-25/h18-20,26-27,33H,6-17,25H2,1-5H3,(H2,28,29,30,31,32). The number of piperidine rings is 1. The van der Waals surface area contributed by atoms with Crippen molar-refractivity contribution in [2.45, 2.75) is 90.3 Å². The Bertz CT molecular complexity index is 649. The van der Waals surface area contributed by atoms with Crippen molar-refractivity contribution in [3.63, 3.8) is 0 Å². The number of hydrogen-bond acceptors (Lipinski definition) is 9. The van der Waals surface area contributed by atoms with Gasteiger partial charge < -0.3 is 32.3 Å². The molecule has 2 heterocycles. The molecule has 0 spiro atoms. The van der Waals surface area contributed by atoms with Crippen LogP contribution in [0.1, 0.15) is 73.1 Å². The van der Waals surface area contributed by atoms with Crippen molar-refractivity contribution in [3.05, 3.63) is 6.33 Å². The Morgan fingerprint density at radius 3 is 2.24 bits per heavy atom. The summed E-state index contributed by atoms with van der Waals surface area (Å²) in [5.41, 5.74) is 5.74. The molecule has 9 nitrogen and oxygen atoms in total. The average Bonchev–Trinajstić information content (AvgIpc) is 2.73. The molecule has 1 fully saturated rings. The Morgan fingerprint density at radius 1 is 0.970 bits per heavy atom. The van der Waals surface area contributed by atoms with E-state index in [4.69, 9.17) is 5.73 Å². The predicted octanol–water partition coefficient (Wildman–Crippen LogP) is 2.34. The fraction of sp³-hybridized carbons (Fsp3) is 0.875. The van der Waals surface area contributed by atoms with Crippen LogP contribution in [0.3, 0.4) is 0 Å². The number of anilines is 2. The average molecular weight is 464 g/mol. The Labute approximate surface area is 201 Å². The molecular weight excluding hydrogens is 414 g/mol. The van der Waals surface area contributed by atoms with Crippen LogP contribution in [0.4, 0.5) is 11.9 Å². The van der Waals surface area contributed by atoms with Gasteiger partial charge in [0.15, 0.2) is 0 Å². The highest BCUT2D eigenvalue weighted by Crippen LogP contribution is 2.36. The van der Waals surface area contributed by atoms with Gasteiger partial charge in [-0.1, -0.05) is 13.3 Å².